The number of anilines is 1. The van der Waals surface area contributed by atoms with Gasteiger partial charge < -0.3 is 20.3 Å². The second-order valence-electron chi connectivity index (χ2n) is 9.59. The van der Waals surface area contributed by atoms with Gasteiger partial charge in [0.15, 0.2) is 5.76 Å². The Balaban J connectivity index is 1.27. The van der Waals surface area contributed by atoms with Crippen LogP contribution in [0.5, 0.6) is 0 Å². The van der Waals surface area contributed by atoms with Crippen molar-refractivity contribution in [1.82, 2.24) is 15.2 Å². The Bertz CT molecular complexity index is 1430. The minimum absolute atomic E-state index is 0.0288. The van der Waals surface area contributed by atoms with Crippen LogP contribution >= 0.6 is 0 Å². The monoisotopic (exact) mass is 524 g/mol. The molecule has 2 fully saturated rings. The number of carboxylic acids is 1. The molecule has 2 amide bonds. The van der Waals surface area contributed by atoms with Crippen molar-refractivity contribution in [3.05, 3.63) is 65.5 Å². The van der Waals surface area contributed by atoms with Crippen molar-refractivity contribution in [3.8, 4) is 11.1 Å². The first-order valence-electron chi connectivity index (χ1n) is 12.2. The number of nitrogens with one attached hydrogen (secondary N) is 3. The fourth-order valence-corrected chi connectivity index (χ4v) is 5.75. The van der Waals surface area contributed by atoms with E-state index in [2.05, 4.69) is 20.5 Å². The van der Waals surface area contributed by atoms with Crippen molar-refractivity contribution in [1.29, 1.82) is 0 Å². The van der Waals surface area contributed by atoms with Gasteiger partial charge in [-0.3, -0.25) is 4.79 Å². The molecular formula is C26H28N4O6S. The van der Waals surface area contributed by atoms with Crippen molar-refractivity contribution in [2.45, 2.75) is 61.9 Å². The summed E-state index contributed by atoms with van der Waals surface area (Å²) >= 11 is 0. The highest BCUT2D eigenvalue weighted by molar-refractivity contribution is 7.89. The van der Waals surface area contributed by atoms with Gasteiger partial charge in [-0.25, -0.2) is 13.2 Å². The van der Waals surface area contributed by atoms with Crippen LogP contribution in [0.1, 0.15) is 48.6 Å². The Morgan fingerprint density at radius 3 is 2.46 bits per heavy atom. The van der Waals surface area contributed by atoms with Gasteiger partial charge in [0.1, 0.15) is 16.6 Å². The maximum absolute atomic E-state index is 13.1. The van der Waals surface area contributed by atoms with Crippen LogP contribution in [-0.2, 0) is 21.2 Å². The van der Waals surface area contributed by atoms with Gasteiger partial charge in [-0.2, -0.15) is 4.72 Å². The first-order chi connectivity index (χ1) is 17.7. The number of urea groups is 1. The van der Waals surface area contributed by atoms with Crippen molar-refractivity contribution >= 4 is 27.7 Å². The SMILES string of the molecule is Cc1onc(C2CC2)c1S(=O)(=O)NC(Cc1ccc(-c2cccc(NC(=O)NC3CC3)c2)cc1)C(=O)O. The lowest BCUT2D eigenvalue weighted by molar-refractivity contribution is -0.138. The van der Waals surface area contributed by atoms with Crippen molar-refractivity contribution < 1.29 is 27.6 Å². The van der Waals surface area contributed by atoms with Gasteiger partial charge in [0.05, 0.1) is 0 Å². The highest BCUT2D eigenvalue weighted by Crippen LogP contribution is 2.43. The minimum Gasteiger partial charge on any atom is -0.480 e. The molecule has 2 aliphatic rings. The number of aromatic nitrogens is 1. The molecule has 0 saturated heterocycles. The molecule has 0 aliphatic heterocycles. The summed E-state index contributed by atoms with van der Waals surface area (Å²) in [6.45, 7) is 1.51. The number of benzene rings is 2. The normalized spacial score (nSPS) is 16.2. The Hall–Kier alpha value is -3.70. The van der Waals surface area contributed by atoms with E-state index in [0.29, 0.717) is 16.9 Å². The van der Waals surface area contributed by atoms with Gasteiger partial charge in [0, 0.05) is 17.6 Å². The summed E-state index contributed by atoms with van der Waals surface area (Å²) in [5.74, 6) is -1.11. The van der Waals surface area contributed by atoms with Crippen LogP contribution < -0.4 is 15.4 Å². The predicted molar refractivity (Wildman–Crippen MR) is 136 cm³/mol. The smallest absolute Gasteiger partial charge is 0.322 e. The van der Waals surface area contributed by atoms with Crippen LogP contribution in [0, 0.1) is 6.92 Å². The summed E-state index contributed by atoms with van der Waals surface area (Å²) in [5.41, 5.74) is 3.43. The first kappa shape index (κ1) is 25.0. The maximum Gasteiger partial charge on any atom is 0.322 e. The van der Waals surface area contributed by atoms with Crippen molar-refractivity contribution in [2.24, 2.45) is 0 Å². The number of carboxylic acid groups (broad SMARTS) is 1. The predicted octanol–water partition coefficient (Wildman–Crippen LogP) is 3.79. The molecular weight excluding hydrogens is 496 g/mol. The van der Waals surface area contributed by atoms with Gasteiger partial charge >= 0.3 is 12.0 Å². The fraction of sp³-hybridized carbons (Fsp3) is 0.346. The number of hydrogen-bond donors (Lipinski definition) is 4. The summed E-state index contributed by atoms with van der Waals surface area (Å²) < 4.78 is 33.6. The van der Waals surface area contributed by atoms with Gasteiger partial charge in [0.25, 0.3) is 0 Å². The van der Waals surface area contributed by atoms with E-state index in [1.54, 1.807) is 18.2 Å². The summed E-state index contributed by atoms with van der Waals surface area (Å²) in [5, 5.41) is 19.3. The van der Waals surface area contributed by atoms with E-state index in [-0.39, 0.29) is 35.1 Å². The van der Waals surface area contributed by atoms with Gasteiger partial charge in [-0.1, -0.05) is 41.6 Å². The van der Waals surface area contributed by atoms with E-state index in [4.69, 9.17) is 4.52 Å². The number of hydrogen-bond acceptors (Lipinski definition) is 6. The maximum atomic E-state index is 13.1. The lowest BCUT2D eigenvalue weighted by Crippen LogP contribution is -2.42. The van der Waals surface area contributed by atoms with Gasteiger partial charge in [0.2, 0.25) is 10.0 Å². The van der Waals surface area contributed by atoms with Crippen LogP contribution in [0.15, 0.2) is 57.9 Å². The standard InChI is InChI=1S/C26H28N4O6S/c1-15-24(23(29-36-15)18-9-10-18)37(34,35)30-22(25(31)32)13-16-5-7-17(8-6-16)19-3-2-4-21(14-19)28-26(33)27-20-11-12-20/h2-8,14,18,20,22,30H,9-13H2,1H3,(H,31,32)(H2,27,28,33). The van der Waals surface area contributed by atoms with E-state index in [9.17, 15) is 23.1 Å². The zero-order valence-electron chi connectivity index (χ0n) is 20.2. The average Bonchev–Trinajstić information content (AvgIpc) is 3.79. The van der Waals surface area contributed by atoms with Crippen molar-refractivity contribution in [3.63, 3.8) is 0 Å². The van der Waals surface area contributed by atoms with Crippen LogP contribution in [0.25, 0.3) is 11.1 Å². The zero-order valence-corrected chi connectivity index (χ0v) is 21.0. The van der Waals surface area contributed by atoms with E-state index in [1.165, 1.54) is 6.92 Å². The molecule has 194 valence electrons. The molecule has 1 aromatic heterocycles. The quantitative estimate of drug-likeness (QED) is 0.315. The average molecular weight is 525 g/mol. The Morgan fingerprint density at radius 1 is 1.08 bits per heavy atom. The van der Waals surface area contributed by atoms with Gasteiger partial charge in [-0.15, -0.1) is 0 Å². The molecule has 37 heavy (non-hydrogen) atoms. The third-order valence-electron chi connectivity index (χ3n) is 6.42. The number of sulfonamides is 1. The molecule has 1 atom stereocenters. The number of aliphatic carboxylic acids is 1. The zero-order chi connectivity index (χ0) is 26.2. The van der Waals surface area contributed by atoms with E-state index in [1.807, 2.05) is 30.3 Å². The number of nitrogens with zero attached hydrogens (tertiary/aromatic N) is 1. The molecule has 0 spiro atoms. The molecule has 10 nitrogen and oxygen atoms in total. The molecule has 2 saturated carbocycles. The number of carbonyl (C=O) groups is 2. The van der Waals surface area contributed by atoms with Crippen LogP contribution in [0.3, 0.4) is 0 Å². The van der Waals surface area contributed by atoms with Crippen molar-refractivity contribution in [2.75, 3.05) is 5.32 Å². The molecule has 4 N–H and O–H groups in total. The Labute approximate surface area is 214 Å². The lowest BCUT2D eigenvalue weighted by Gasteiger charge is -2.15. The third-order valence-corrected chi connectivity index (χ3v) is 8.05. The highest BCUT2D eigenvalue weighted by atomic mass is 32.2. The summed E-state index contributed by atoms with van der Waals surface area (Å²) in [7, 11) is -4.14. The molecule has 0 radical (unpaired) electrons. The molecule has 11 heteroatoms. The van der Waals surface area contributed by atoms with E-state index in [0.717, 1.165) is 36.8 Å². The molecule has 0 bridgehead atoms. The Morgan fingerprint density at radius 2 is 1.81 bits per heavy atom. The van der Waals surface area contributed by atoms with E-state index >= 15 is 0 Å². The molecule has 2 aromatic carbocycles. The Kier molecular flexibility index (Phi) is 6.74. The highest BCUT2D eigenvalue weighted by Gasteiger charge is 2.37. The molecule has 1 heterocycles. The van der Waals surface area contributed by atoms with E-state index < -0.39 is 22.0 Å². The molecule has 1 unspecified atom stereocenters. The first-order valence-corrected chi connectivity index (χ1v) is 13.7. The minimum atomic E-state index is -4.14. The number of carbonyl (C=O) groups excluding carboxylic acids is 1. The van der Waals surface area contributed by atoms with Crippen LogP contribution in [0.4, 0.5) is 10.5 Å². The summed E-state index contributed by atoms with van der Waals surface area (Å²) in [4.78, 5) is 23.9. The topological polar surface area (TPSA) is 151 Å². The largest absolute Gasteiger partial charge is 0.480 e. The van der Waals surface area contributed by atoms with Crippen LogP contribution in [-0.4, -0.2) is 42.8 Å². The second-order valence-corrected chi connectivity index (χ2v) is 11.2. The summed E-state index contributed by atoms with van der Waals surface area (Å²) in [6.07, 6.45) is 3.63. The number of amides is 2. The number of rotatable bonds is 10. The lowest BCUT2D eigenvalue weighted by atomic mass is 10.0. The fourth-order valence-electron chi connectivity index (χ4n) is 4.18. The number of aryl methyl sites for hydroxylation is 1. The van der Waals surface area contributed by atoms with Gasteiger partial charge in [-0.05, 0) is 67.9 Å². The molecule has 3 aromatic rings. The molecule has 5 rings (SSSR count). The summed E-state index contributed by atoms with van der Waals surface area (Å²) in [6, 6.07) is 13.3. The third kappa shape index (κ3) is 6.00. The molecule has 2 aliphatic carbocycles. The van der Waals surface area contributed by atoms with Crippen LogP contribution in [0.2, 0.25) is 0 Å². The second kappa shape index (κ2) is 9.98.